The molecule has 0 rings (SSSR count). The summed E-state index contributed by atoms with van der Waals surface area (Å²) in [5.41, 5.74) is 4.54. The molecule has 2 N–H and O–H groups in total. The van der Waals surface area contributed by atoms with Crippen LogP contribution in [0.15, 0.2) is 0 Å². The highest BCUT2D eigenvalue weighted by atomic mass is 28.3. The van der Waals surface area contributed by atoms with Crippen LogP contribution in [0.1, 0.15) is 6.92 Å². The molecule has 0 aliphatic rings. The molecule has 0 heterocycles. The molecule has 0 saturated heterocycles. The monoisotopic (exact) mass is 195 g/mol. The lowest BCUT2D eigenvalue weighted by atomic mass is 10.9. The molecule has 0 aromatic rings. The predicted molar refractivity (Wildman–Crippen MR) is 48.2 cm³/mol. The summed E-state index contributed by atoms with van der Waals surface area (Å²) in [5.74, 6) is 0. The van der Waals surface area contributed by atoms with Crippen LogP contribution < -0.4 is 5.73 Å². The molecule has 0 atom stereocenters. The SMILES string of the molecule is CCOC(N)=O.CO[SiH](C)OC. The Balaban J connectivity index is 0. The van der Waals surface area contributed by atoms with Gasteiger partial charge in [-0.3, -0.25) is 0 Å². The van der Waals surface area contributed by atoms with Crippen LogP contribution in [0.2, 0.25) is 6.55 Å². The van der Waals surface area contributed by atoms with Gasteiger partial charge in [-0.25, -0.2) is 4.79 Å². The van der Waals surface area contributed by atoms with Crippen LogP contribution in [0, 0.1) is 0 Å². The van der Waals surface area contributed by atoms with Crippen molar-refractivity contribution in [2.75, 3.05) is 20.8 Å². The molecule has 0 radical (unpaired) electrons. The Hall–Kier alpha value is -0.593. The molecule has 0 aromatic carbocycles. The van der Waals surface area contributed by atoms with Crippen LogP contribution in [-0.2, 0) is 13.6 Å². The zero-order chi connectivity index (χ0) is 9.98. The molecule has 74 valence electrons. The van der Waals surface area contributed by atoms with E-state index in [1.165, 1.54) is 0 Å². The van der Waals surface area contributed by atoms with Gasteiger partial charge in [0, 0.05) is 14.2 Å². The molecule has 0 aromatic heterocycles. The van der Waals surface area contributed by atoms with Crippen LogP contribution in [0.25, 0.3) is 0 Å². The first-order valence-corrected chi connectivity index (χ1v) is 5.66. The van der Waals surface area contributed by atoms with E-state index < -0.39 is 15.4 Å². The second-order valence-electron chi connectivity index (χ2n) is 1.79. The van der Waals surface area contributed by atoms with Gasteiger partial charge in [0.1, 0.15) is 0 Å². The maximum Gasteiger partial charge on any atom is 0.404 e. The highest BCUT2D eigenvalue weighted by Gasteiger charge is 1.94. The van der Waals surface area contributed by atoms with Crippen LogP contribution in [-0.4, -0.2) is 36.2 Å². The number of rotatable bonds is 3. The van der Waals surface area contributed by atoms with E-state index in [0.717, 1.165) is 0 Å². The normalized spacial score (nSPS) is 8.75. The van der Waals surface area contributed by atoms with E-state index in [4.69, 9.17) is 8.85 Å². The summed E-state index contributed by atoms with van der Waals surface area (Å²) >= 11 is 0. The van der Waals surface area contributed by atoms with Gasteiger partial charge in [0.15, 0.2) is 0 Å². The molecule has 0 spiro atoms. The van der Waals surface area contributed by atoms with Gasteiger partial charge in [-0.05, 0) is 13.5 Å². The number of carbonyl (C=O) groups is 1. The molecule has 0 unspecified atom stereocenters. The minimum absolute atomic E-state index is 0.356. The summed E-state index contributed by atoms with van der Waals surface area (Å²) in [4.78, 5) is 9.60. The van der Waals surface area contributed by atoms with E-state index in [-0.39, 0.29) is 0 Å². The summed E-state index contributed by atoms with van der Waals surface area (Å²) in [6.07, 6.45) is -0.711. The lowest BCUT2D eigenvalue weighted by Gasteiger charge is -2.00. The van der Waals surface area contributed by atoms with Crippen molar-refractivity contribution in [3.63, 3.8) is 0 Å². The van der Waals surface area contributed by atoms with E-state index in [9.17, 15) is 4.79 Å². The van der Waals surface area contributed by atoms with Gasteiger partial charge >= 0.3 is 15.4 Å². The zero-order valence-corrected chi connectivity index (χ0v) is 9.15. The summed E-state index contributed by atoms with van der Waals surface area (Å²) in [6, 6.07) is 0. The topological polar surface area (TPSA) is 70.8 Å². The first-order valence-electron chi connectivity index (χ1n) is 3.56. The number of primary amides is 1. The fourth-order valence-corrected chi connectivity index (χ4v) is 0.431. The Morgan fingerprint density at radius 1 is 1.42 bits per heavy atom. The molecular formula is C6H17NO4Si. The molecule has 0 fully saturated rings. The predicted octanol–water partition coefficient (Wildman–Crippen LogP) is 0.231. The minimum atomic E-state index is -1.16. The second-order valence-corrected chi connectivity index (χ2v) is 3.87. The van der Waals surface area contributed by atoms with Crippen LogP contribution >= 0.6 is 0 Å². The molecule has 0 aliphatic heterocycles. The highest BCUT2D eigenvalue weighted by molar-refractivity contribution is 6.42. The molecule has 12 heavy (non-hydrogen) atoms. The van der Waals surface area contributed by atoms with Gasteiger partial charge in [0.05, 0.1) is 6.61 Å². The Kier molecular flexibility index (Phi) is 12.1. The summed E-state index contributed by atoms with van der Waals surface area (Å²) in [5, 5.41) is 0. The molecule has 0 bridgehead atoms. The third-order valence-corrected chi connectivity index (χ3v) is 2.28. The van der Waals surface area contributed by atoms with E-state index >= 15 is 0 Å². The summed E-state index contributed by atoms with van der Waals surface area (Å²) < 4.78 is 13.8. The van der Waals surface area contributed by atoms with E-state index in [1.54, 1.807) is 21.1 Å². The second kappa shape index (κ2) is 10.4. The Labute approximate surface area is 74.6 Å². The largest absolute Gasteiger partial charge is 0.450 e. The highest BCUT2D eigenvalue weighted by Crippen LogP contribution is 1.77. The van der Waals surface area contributed by atoms with E-state index in [0.29, 0.717) is 6.61 Å². The minimum Gasteiger partial charge on any atom is -0.450 e. The smallest absolute Gasteiger partial charge is 0.404 e. The van der Waals surface area contributed by atoms with Crippen molar-refractivity contribution in [3.05, 3.63) is 0 Å². The maximum absolute atomic E-state index is 9.60. The Morgan fingerprint density at radius 2 is 1.83 bits per heavy atom. The van der Waals surface area contributed by atoms with Gasteiger partial charge in [-0.15, -0.1) is 0 Å². The zero-order valence-electron chi connectivity index (χ0n) is 7.99. The summed E-state index contributed by atoms with van der Waals surface area (Å²) in [6.45, 7) is 4.03. The van der Waals surface area contributed by atoms with Crippen LogP contribution in [0.5, 0.6) is 0 Å². The lowest BCUT2D eigenvalue weighted by molar-refractivity contribution is 0.163. The van der Waals surface area contributed by atoms with Gasteiger partial charge < -0.3 is 19.3 Å². The average molecular weight is 195 g/mol. The van der Waals surface area contributed by atoms with Gasteiger partial charge in [-0.1, -0.05) is 0 Å². The molecule has 0 saturated carbocycles. The van der Waals surface area contributed by atoms with E-state index in [2.05, 4.69) is 10.5 Å². The van der Waals surface area contributed by atoms with E-state index in [1.807, 2.05) is 6.55 Å². The lowest BCUT2D eigenvalue weighted by Crippen LogP contribution is -2.12. The third kappa shape index (κ3) is 16.2. The van der Waals surface area contributed by atoms with Crippen molar-refractivity contribution in [2.24, 2.45) is 5.73 Å². The van der Waals surface area contributed by atoms with Gasteiger partial charge in [0.25, 0.3) is 0 Å². The molecule has 5 nitrogen and oxygen atoms in total. The van der Waals surface area contributed by atoms with Crippen LogP contribution in [0.3, 0.4) is 0 Å². The standard InChI is InChI=1S/C3H7NO2.C3H10O2Si/c1-2-6-3(4)5;1-4-6(3)5-2/h2H2,1H3,(H2,4,5);6H,1-3H3. The fourth-order valence-electron chi connectivity index (χ4n) is 0.238. The van der Waals surface area contributed by atoms with Gasteiger partial charge in [0.2, 0.25) is 0 Å². The number of hydrogen-bond donors (Lipinski definition) is 1. The number of ether oxygens (including phenoxy) is 1. The van der Waals surface area contributed by atoms with Crippen molar-refractivity contribution in [1.82, 2.24) is 0 Å². The maximum atomic E-state index is 9.60. The number of hydrogen-bond acceptors (Lipinski definition) is 4. The van der Waals surface area contributed by atoms with Crippen molar-refractivity contribution >= 4 is 15.4 Å². The van der Waals surface area contributed by atoms with Crippen molar-refractivity contribution in [1.29, 1.82) is 0 Å². The van der Waals surface area contributed by atoms with Crippen molar-refractivity contribution in [3.8, 4) is 0 Å². The van der Waals surface area contributed by atoms with Gasteiger partial charge in [-0.2, -0.15) is 0 Å². The first-order chi connectivity index (χ1) is 5.58. The van der Waals surface area contributed by atoms with Crippen molar-refractivity contribution < 1.29 is 18.4 Å². The van der Waals surface area contributed by atoms with Crippen molar-refractivity contribution in [2.45, 2.75) is 13.5 Å². The molecule has 6 heteroatoms. The Bertz CT molecular complexity index is 108. The number of carbonyl (C=O) groups excluding carboxylic acids is 1. The number of nitrogens with two attached hydrogens (primary N) is 1. The quantitative estimate of drug-likeness (QED) is 0.654. The first kappa shape index (κ1) is 14.0. The average Bonchev–Trinajstić information content (AvgIpc) is 2.04. The molecule has 1 amide bonds. The fraction of sp³-hybridized carbons (Fsp3) is 0.833. The summed E-state index contributed by atoms with van der Waals surface area (Å²) in [7, 11) is 2.17. The molecule has 0 aliphatic carbocycles. The molecular weight excluding hydrogens is 178 g/mol. The Morgan fingerprint density at radius 3 is 1.83 bits per heavy atom. The number of amides is 1. The third-order valence-electron chi connectivity index (χ3n) is 0.950. The van der Waals surface area contributed by atoms with Crippen LogP contribution in [0.4, 0.5) is 4.79 Å².